The summed E-state index contributed by atoms with van der Waals surface area (Å²) in [5.74, 6) is 0.704. The Balaban J connectivity index is 2.14. The number of rotatable bonds is 5. The van der Waals surface area contributed by atoms with Crippen molar-refractivity contribution in [3.8, 4) is 6.07 Å². The second-order valence-electron chi connectivity index (χ2n) is 6.28. The lowest BCUT2D eigenvalue weighted by atomic mass is 9.99. The van der Waals surface area contributed by atoms with Crippen LogP contribution in [0.5, 0.6) is 0 Å². The first-order valence-electron chi connectivity index (χ1n) is 8.11. The van der Waals surface area contributed by atoms with Gasteiger partial charge in [0, 0.05) is 19.3 Å². The minimum Gasteiger partial charge on any atom is -0.390 e. The Bertz CT molecular complexity index is 693. The van der Waals surface area contributed by atoms with Gasteiger partial charge in [-0.1, -0.05) is 6.92 Å². The number of nitrogens with zero attached hydrogens (tertiary/aromatic N) is 4. The molecule has 1 aromatic rings. The van der Waals surface area contributed by atoms with E-state index < -0.39 is 17.4 Å². The SMILES string of the molecule is CCn1cc(C#N)c(=O)n(C[C@H](O)CN2CCC(C)CC2)c1=O. The van der Waals surface area contributed by atoms with Gasteiger partial charge in [0.1, 0.15) is 11.6 Å². The summed E-state index contributed by atoms with van der Waals surface area (Å²) in [6.07, 6.45) is 2.66. The number of aryl methyl sites for hydroxylation is 1. The number of hydrogen-bond acceptors (Lipinski definition) is 5. The van der Waals surface area contributed by atoms with E-state index in [9.17, 15) is 14.7 Å². The van der Waals surface area contributed by atoms with E-state index in [4.69, 9.17) is 5.26 Å². The molecule has 1 aromatic heterocycles. The quantitative estimate of drug-likeness (QED) is 0.824. The first kappa shape index (κ1) is 17.4. The molecule has 23 heavy (non-hydrogen) atoms. The molecule has 1 fully saturated rings. The van der Waals surface area contributed by atoms with Gasteiger partial charge >= 0.3 is 5.69 Å². The Hall–Kier alpha value is -1.91. The first-order valence-corrected chi connectivity index (χ1v) is 8.11. The van der Waals surface area contributed by atoms with Crippen molar-refractivity contribution in [3.63, 3.8) is 0 Å². The number of aliphatic hydroxyl groups excluding tert-OH is 1. The van der Waals surface area contributed by atoms with Crippen molar-refractivity contribution in [2.45, 2.75) is 45.9 Å². The summed E-state index contributed by atoms with van der Waals surface area (Å²) in [6, 6.07) is 1.81. The molecule has 0 radical (unpaired) electrons. The summed E-state index contributed by atoms with van der Waals surface area (Å²) in [5.41, 5.74) is -1.19. The lowest BCUT2D eigenvalue weighted by Crippen LogP contribution is -2.46. The van der Waals surface area contributed by atoms with E-state index in [1.165, 1.54) is 10.8 Å². The molecular weight excluding hydrogens is 296 g/mol. The van der Waals surface area contributed by atoms with Crippen LogP contribution in [-0.2, 0) is 13.1 Å². The fourth-order valence-corrected chi connectivity index (χ4v) is 2.93. The third-order valence-electron chi connectivity index (χ3n) is 4.44. The molecule has 1 saturated heterocycles. The third kappa shape index (κ3) is 4.09. The molecule has 2 rings (SSSR count). The van der Waals surface area contributed by atoms with Crippen molar-refractivity contribution in [1.82, 2.24) is 14.0 Å². The zero-order valence-corrected chi connectivity index (χ0v) is 13.7. The third-order valence-corrected chi connectivity index (χ3v) is 4.44. The van der Waals surface area contributed by atoms with E-state index in [0.717, 1.165) is 30.5 Å². The zero-order valence-electron chi connectivity index (χ0n) is 13.7. The molecule has 0 aliphatic carbocycles. The number of β-amino-alcohol motifs (C(OH)–C–C–N with tert-alkyl or cyclic N) is 1. The summed E-state index contributed by atoms with van der Waals surface area (Å²) >= 11 is 0. The molecule has 7 nitrogen and oxygen atoms in total. The van der Waals surface area contributed by atoms with Crippen molar-refractivity contribution in [2.24, 2.45) is 5.92 Å². The molecule has 0 amide bonds. The van der Waals surface area contributed by atoms with Crippen molar-refractivity contribution in [1.29, 1.82) is 5.26 Å². The Morgan fingerprint density at radius 1 is 1.35 bits per heavy atom. The lowest BCUT2D eigenvalue weighted by Gasteiger charge is -2.31. The fourth-order valence-electron chi connectivity index (χ4n) is 2.93. The van der Waals surface area contributed by atoms with Crippen LogP contribution in [0.4, 0.5) is 0 Å². The van der Waals surface area contributed by atoms with Gasteiger partial charge in [-0.25, -0.2) is 4.79 Å². The number of likely N-dealkylation sites (tertiary alicyclic amines) is 1. The van der Waals surface area contributed by atoms with Crippen LogP contribution in [0.25, 0.3) is 0 Å². The Labute approximate surface area is 135 Å². The molecule has 7 heteroatoms. The standard InChI is InChI=1S/C16H24N4O3/c1-3-19-9-13(8-17)15(22)20(16(19)23)11-14(21)10-18-6-4-12(2)5-7-18/h9,12,14,21H,3-7,10-11H2,1-2H3/t14-/m1/s1. The van der Waals surface area contributed by atoms with Crippen molar-refractivity contribution in [3.05, 3.63) is 32.6 Å². The summed E-state index contributed by atoms with van der Waals surface area (Å²) in [4.78, 5) is 26.6. The van der Waals surface area contributed by atoms with Crippen LogP contribution in [0, 0.1) is 17.2 Å². The second kappa shape index (κ2) is 7.57. The topological polar surface area (TPSA) is 91.3 Å². The Morgan fingerprint density at radius 2 is 2.00 bits per heavy atom. The van der Waals surface area contributed by atoms with Crippen LogP contribution < -0.4 is 11.2 Å². The normalized spacial score (nSPS) is 17.8. The highest BCUT2D eigenvalue weighted by molar-refractivity contribution is 5.22. The maximum atomic E-state index is 12.3. The molecule has 1 N–H and O–H groups in total. The molecule has 0 aromatic carbocycles. The van der Waals surface area contributed by atoms with E-state index >= 15 is 0 Å². The van der Waals surface area contributed by atoms with Gasteiger partial charge in [-0.05, 0) is 38.8 Å². The smallest absolute Gasteiger partial charge is 0.331 e. The number of aliphatic hydroxyl groups is 1. The van der Waals surface area contributed by atoms with Crippen LogP contribution in [0.15, 0.2) is 15.8 Å². The van der Waals surface area contributed by atoms with E-state index in [2.05, 4.69) is 11.8 Å². The van der Waals surface area contributed by atoms with Crippen LogP contribution in [0.2, 0.25) is 0 Å². The number of aromatic nitrogens is 2. The summed E-state index contributed by atoms with van der Waals surface area (Å²) in [5, 5.41) is 19.3. The molecule has 1 aliphatic heterocycles. The van der Waals surface area contributed by atoms with E-state index in [-0.39, 0.29) is 12.1 Å². The minimum atomic E-state index is -0.812. The van der Waals surface area contributed by atoms with Gasteiger partial charge in [0.25, 0.3) is 5.56 Å². The fraction of sp³-hybridized carbons (Fsp3) is 0.688. The van der Waals surface area contributed by atoms with Gasteiger partial charge in [0.15, 0.2) is 0 Å². The Morgan fingerprint density at radius 3 is 2.57 bits per heavy atom. The molecule has 0 bridgehead atoms. The molecule has 126 valence electrons. The van der Waals surface area contributed by atoms with Crippen molar-refractivity contribution < 1.29 is 5.11 Å². The zero-order chi connectivity index (χ0) is 17.0. The maximum Gasteiger partial charge on any atom is 0.331 e. The average Bonchev–Trinajstić information content (AvgIpc) is 2.54. The van der Waals surface area contributed by atoms with Crippen LogP contribution >= 0.6 is 0 Å². The van der Waals surface area contributed by atoms with E-state index in [1.54, 1.807) is 6.92 Å². The van der Waals surface area contributed by atoms with Gasteiger partial charge < -0.3 is 10.0 Å². The predicted molar refractivity (Wildman–Crippen MR) is 86.2 cm³/mol. The van der Waals surface area contributed by atoms with Crippen molar-refractivity contribution in [2.75, 3.05) is 19.6 Å². The monoisotopic (exact) mass is 320 g/mol. The predicted octanol–water partition coefficient (Wildman–Crippen LogP) is -0.00562. The van der Waals surface area contributed by atoms with E-state index in [0.29, 0.717) is 19.0 Å². The van der Waals surface area contributed by atoms with E-state index in [1.807, 2.05) is 6.07 Å². The first-order chi connectivity index (χ1) is 11.0. The maximum absolute atomic E-state index is 12.3. The largest absolute Gasteiger partial charge is 0.390 e. The molecule has 2 heterocycles. The van der Waals surface area contributed by atoms with Gasteiger partial charge in [0.2, 0.25) is 0 Å². The van der Waals surface area contributed by atoms with Gasteiger partial charge in [-0.2, -0.15) is 5.26 Å². The summed E-state index contributed by atoms with van der Waals surface area (Å²) in [6.45, 7) is 6.54. The molecule has 0 saturated carbocycles. The average molecular weight is 320 g/mol. The van der Waals surface area contributed by atoms with Gasteiger partial charge in [-0.15, -0.1) is 0 Å². The second-order valence-corrected chi connectivity index (χ2v) is 6.28. The highest BCUT2D eigenvalue weighted by atomic mass is 16.3. The van der Waals surface area contributed by atoms with Crippen LogP contribution in [-0.4, -0.2) is 44.9 Å². The van der Waals surface area contributed by atoms with Gasteiger partial charge in [0.05, 0.1) is 12.6 Å². The van der Waals surface area contributed by atoms with Crippen molar-refractivity contribution >= 4 is 0 Å². The number of piperidine rings is 1. The summed E-state index contributed by atoms with van der Waals surface area (Å²) in [7, 11) is 0. The number of hydrogen-bond donors (Lipinski definition) is 1. The molecule has 0 unspecified atom stereocenters. The molecular formula is C16H24N4O3. The lowest BCUT2D eigenvalue weighted by molar-refractivity contribution is 0.0782. The molecule has 0 spiro atoms. The highest BCUT2D eigenvalue weighted by Crippen LogP contribution is 2.15. The number of nitriles is 1. The highest BCUT2D eigenvalue weighted by Gasteiger charge is 2.20. The van der Waals surface area contributed by atoms with Crippen LogP contribution in [0.3, 0.4) is 0 Å². The molecule has 1 aliphatic rings. The molecule has 1 atom stereocenters. The Kier molecular flexibility index (Phi) is 5.74. The van der Waals surface area contributed by atoms with Gasteiger partial charge in [-0.3, -0.25) is 13.9 Å². The summed E-state index contributed by atoms with van der Waals surface area (Å²) < 4.78 is 2.29. The minimum absolute atomic E-state index is 0.0783. The van der Waals surface area contributed by atoms with Crippen LogP contribution in [0.1, 0.15) is 32.3 Å².